The highest BCUT2D eigenvalue weighted by Crippen LogP contribution is 2.31. The van der Waals surface area contributed by atoms with Crippen LogP contribution in [-0.4, -0.2) is 73.9 Å². The molecule has 0 saturated carbocycles. The fraction of sp³-hybridized carbons (Fsp3) is 0.400. The molecule has 6 N–H and O–H groups in total. The standard InChI is InChI=1S/C15H18O9/c16-6-10-12(20)13(21)14(22)15(24-10)23-9-5-7(1-3-8(9)17)2-4-11(18)19/h1-5,10,12-17,20-22H,6H2,(H,18,19)/b4-2+. The number of aromatic hydroxyl groups is 1. The number of aliphatic carboxylic acids is 1. The number of benzene rings is 1. The number of aliphatic hydroxyl groups is 4. The molecule has 0 spiro atoms. The average Bonchev–Trinajstić information content (AvgIpc) is 2.55. The number of aliphatic hydroxyl groups excluding tert-OH is 4. The largest absolute Gasteiger partial charge is 0.504 e. The van der Waals surface area contributed by atoms with Gasteiger partial charge in [0.25, 0.3) is 0 Å². The van der Waals surface area contributed by atoms with Gasteiger partial charge < -0.3 is 40.1 Å². The summed E-state index contributed by atoms with van der Waals surface area (Å²) in [5, 5.41) is 56.8. The van der Waals surface area contributed by atoms with Crippen molar-refractivity contribution in [1.82, 2.24) is 0 Å². The van der Waals surface area contributed by atoms with Crippen LogP contribution in [0.25, 0.3) is 6.08 Å². The first-order valence-corrected chi connectivity index (χ1v) is 7.04. The summed E-state index contributed by atoms with van der Waals surface area (Å²) in [5.41, 5.74) is 0.398. The molecule has 1 heterocycles. The first kappa shape index (κ1) is 18.2. The number of carbonyl (C=O) groups is 1. The Kier molecular flexibility index (Phi) is 5.75. The molecule has 5 atom stereocenters. The number of phenols is 1. The van der Waals surface area contributed by atoms with Crippen molar-refractivity contribution >= 4 is 12.0 Å². The molecule has 0 radical (unpaired) electrons. The van der Waals surface area contributed by atoms with E-state index in [2.05, 4.69) is 0 Å². The monoisotopic (exact) mass is 342 g/mol. The van der Waals surface area contributed by atoms with E-state index in [4.69, 9.17) is 19.7 Å². The zero-order valence-corrected chi connectivity index (χ0v) is 12.4. The van der Waals surface area contributed by atoms with Gasteiger partial charge in [0, 0.05) is 6.08 Å². The van der Waals surface area contributed by atoms with Gasteiger partial charge in [0.2, 0.25) is 6.29 Å². The van der Waals surface area contributed by atoms with E-state index >= 15 is 0 Å². The summed E-state index contributed by atoms with van der Waals surface area (Å²) in [4.78, 5) is 10.5. The first-order valence-electron chi connectivity index (χ1n) is 7.04. The quantitative estimate of drug-likeness (QED) is 0.357. The Balaban J connectivity index is 2.20. The van der Waals surface area contributed by atoms with Crippen molar-refractivity contribution in [2.45, 2.75) is 30.7 Å². The Labute approximate surface area is 136 Å². The minimum Gasteiger partial charge on any atom is -0.504 e. The fourth-order valence-electron chi connectivity index (χ4n) is 2.19. The highest BCUT2D eigenvalue weighted by Gasteiger charge is 2.44. The van der Waals surface area contributed by atoms with Crippen molar-refractivity contribution in [2.24, 2.45) is 0 Å². The zero-order valence-electron chi connectivity index (χ0n) is 12.4. The van der Waals surface area contributed by atoms with E-state index < -0.39 is 43.3 Å². The number of ether oxygens (including phenoxy) is 2. The van der Waals surface area contributed by atoms with E-state index in [1.54, 1.807) is 0 Å². The highest BCUT2D eigenvalue weighted by molar-refractivity contribution is 5.85. The molecule has 1 aromatic carbocycles. The lowest BCUT2D eigenvalue weighted by molar-refractivity contribution is -0.277. The van der Waals surface area contributed by atoms with Crippen LogP contribution in [0, 0.1) is 0 Å². The molecule has 1 saturated heterocycles. The molecule has 0 aliphatic carbocycles. The van der Waals surface area contributed by atoms with Crippen LogP contribution in [0.15, 0.2) is 24.3 Å². The van der Waals surface area contributed by atoms with Crippen LogP contribution in [0.5, 0.6) is 11.5 Å². The number of rotatable bonds is 5. The van der Waals surface area contributed by atoms with Gasteiger partial charge in [0.05, 0.1) is 6.61 Å². The lowest BCUT2D eigenvalue weighted by Gasteiger charge is -2.39. The van der Waals surface area contributed by atoms with Crippen LogP contribution in [0.1, 0.15) is 5.56 Å². The van der Waals surface area contributed by atoms with Gasteiger partial charge in [-0.1, -0.05) is 6.07 Å². The lowest BCUT2D eigenvalue weighted by atomic mass is 9.99. The fourth-order valence-corrected chi connectivity index (χ4v) is 2.19. The molecule has 9 heteroatoms. The molecule has 0 amide bonds. The first-order chi connectivity index (χ1) is 11.3. The van der Waals surface area contributed by atoms with Crippen LogP contribution in [0.3, 0.4) is 0 Å². The lowest BCUT2D eigenvalue weighted by Crippen LogP contribution is -2.60. The maximum atomic E-state index is 10.5. The third-order valence-corrected chi connectivity index (χ3v) is 3.49. The Morgan fingerprint density at radius 3 is 2.54 bits per heavy atom. The summed E-state index contributed by atoms with van der Waals surface area (Å²) in [6.45, 7) is -0.613. The van der Waals surface area contributed by atoms with Gasteiger partial charge >= 0.3 is 5.97 Å². The molecule has 0 aromatic heterocycles. The van der Waals surface area contributed by atoms with Gasteiger partial charge in [-0.3, -0.25) is 0 Å². The van der Waals surface area contributed by atoms with Crippen molar-refractivity contribution in [2.75, 3.05) is 6.61 Å². The van der Waals surface area contributed by atoms with Crippen LogP contribution in [-0.2, 0) is 9.53 Å². The average molecular weight is 342 g/mol. The number of carboxylic acids is 1. The molecule has 132 valence electrons. The molecule has 2 rings (SSSR count). The molecule has 1 aromatic rings. The van der Waals surface area contributed by atoms with Gasteiger partial charge in [-0.05, 0) is 23.8 Å². The van der Waals surface area contributed by atoms with E-state index in [-0.39, 0.29) is 11.5 Å². The Bertz CT molecular complexity index is 613. The Morgan fingerprint density at radius 1 is 1.21 bits per heavy atom. The van der Waals surface area contributed by atoms with E-state index in [9.17, 15) is 25.2 Å². The number of hydrogen-bond acceptors (Lipinski definition) is 8. The van der Waals surface area contributed by atoms with Gasteiger partial charge in [-0.15, -0.1) is 0 Å². The Morgan fingerprint density at radius 2 is 1.92 bits per heavy atom. The van der Waals surface area contributed by atoms with Crippen molar-refractivity contribution in [3.63, 3.8) is 0 Å². The van der Waals surface area contributed by atoms with Gasteiger partial charge in [-0.25, -0.2) is 4.79 Å². The second-order valence-corrected chi connectivity index (χ2v) is 5.21. The third-order valence-electron chi connectivity index (χ3n) is 3.49. The molecule has 5 unspecified atom stereocenters. The second-order valence-electron chi connectivity index (χ2n) is 5.21. The molecule has 1 aliphatic heterocycles. The van der Waals surface area contributed by atoms with Crippen LogP contribution in [0.4, 0.5) is 0 Å². The zero-order chi connectivity index (χ0) is 17.9. The van der Waals surface area contributed by atoms with E-state index in [1.807, 2.05) is 0 Å². The molecule has 24 heavy (non-hydrogen) atoms. The molecule has 9 nitrogen and oxygen atoms in total. The maximum absolute atomic E-state index is 10.5. The predicted molar refractivity (Wildman–Crippen MR) is 79.2 cm³/mol. The summed E-state index contributed by atoms with van der Waals surface area (Å²) in [6, 6.07) is 3.99. The highest BCUT2D eigenvalue weighted by atomic mass is 16.7. The number of phenolic OH excluding ortho intramolecular Hbond substituents is 1. The summed E-state index contributed by atoms with van der Waals surface area (Å²) < 4.78 is 10.5. The molecular weight excluding hydrogens is 324 g/mol. The Hall–Kier alpha value is -2.17. The van der Waals surface area contributed by atoms with Crippen LogP contribution in [0.2, 0.25) is 0 Å². The number of hydrogen-bond donors (Lipinski definition) is 6. The van der Waals surface area contributed by atoms with E-state index in [1.165, 1.54) is 24.3 Å². The molecular formula is C15H18O9. The maximum Gasteiger partial charge on any atom is 0.328 e. The minimum atomic E-state index is -1.62. The molecule has 0 bridgehead atoms. The molecule has 1 aliphatic rings. The third kappa shape index (κ3) is 4.02. The summed E-state index contributed by atoms with van der Waals surface area (Å²) >= 11 is 0. The smallest absolute Gasteiger partial charge is 0.328 e. The van der Waals surface area contributed by atoms with Gasteiger partial charge in [0.1, 0.15) is 24.4 Å². The van der Waals surface area contributed by atoms with E-state index in [0.29, 0.717) is 5.56 Å². The summed E-state index contributed by atoms with van der Waals surface area (Å²) in [7, 11) is 0. The number of carboxylic acid groups (broad SMARTS) is 1. The van der Waals surface area contributed by atoms with Crippen molar-refractivity contribution in [3.8, 4) is 11.5 Å². The van der Waals surface area contributed by atoms with Gasteiger partial charge in [0.15, 0.2) is 11.5 Å². The van der Waals surface area contributed by atoms with Crippen LogP contribution >= 0.6 is 0 Å². The SMILES string of the molecule is O=C(O)/C=C/c1ccc(O)c(OC2OC(CO)C(O)C(O)C2O)c1. The van der Waals surface area contributed by atoms with Crippen molar-refractivity contribution in [1.29, 1.82) is 0 Å². The van der Waals surface area contributed by atoms with Gasteiger partial charge in [-0.2, -0.15) is 0 Å². The second kappa shape index (κ2) is 7.60. The predicted octanol–water partition coefficient (Wildman–Crippen LogP) is -1.33. The van der Waals surface area contributed by atoms with Crippen molar-refractivity contribution in [3.05, 3.63) is 29.8 Å². The molecule has 1 fully saturated rings. The summed E-state index contributed by atoms with van der Waals surface area (Å²) in [6.07, 6.45) is -5.20. The minimum absolute atomic E-state index is 0.133. The topological polar surface area (TPSA) is 157 Å². The van der Waals surface area contributed by atoms with E-state index in [0.717, 1.165) is 6.08 Å². The summed E-state index contributed by atoms with van der Waals surface area (Å²) in [5.74, 6) is -1.59. The van der Waals surface area contributed by atoms with Crippen molar-refractivity contribution < 1.29 is 44.9 Å². The van der Waals surface area contributed by atoms with Crippen LogP contribution < -0.4 is 4.74 Å². The normalized spacial score (nSPS) is 30.4.